The van der Waals surface area contributed by atoms with Crippen LogP contribution in [-0.2, 0) is 16.8 Å². The number of carbonyl (C=O) groups is 1. The molecule has 0 aliphatic heterocycles. The minimum Gasteiger partial charge on any atom is -0.489 e. The number of carbonyl (C=O) groups excluding carboxylic acids is 1. The molecule has 0 amide bonds. The Labute approximate surface area is 186 Å². The van der Waals surface area contributed by atoms with Crippen LogP contribution in [-0.4, -0.2) is 10.8 Å². The average molecular weight is 428 g/mol. The quantitative estimate of drug-likeness (QED) is 0.337. The second-order valence-electron chi connectivity index (χ2n) is 8.46. The predicted octanol–water partition coefficient (Wildman–Crippen LogP) is 6.86. The van der Waals surface area contributed by atoms with Crippen molar-refractivity contribution in [1.82, 2.24) is 4.98 Å². The van der Waals surface area contributed by atoms with Crippen molar-refractivity contribution in [2.24, 2.45) is 0 Å². The van der Waals surface area contributed by atoms with E-state index >= 15 is 0 Å². The van der Waals surface area contributed by atoms with Crippen LogP contribution in [0.15, 0.2) is 66.2 Å². The van der Waals surface area contributed by atoms with E-state index in [1.54, 1.807) is 11.3 Å². The fourth-order valence-corrected chi connectivity index (χ4v) is 5.52. The molecule has 0 radical (unpaired) electrons. The maximum absolute atomic E-state index is 11.6. The smallest absolute Gasteiger partial charge is 0.134 e. The number of aromatic nitrogens is 1. The number of fused-ring (bicyclic) bond motifs is 1. The van der Waals surface area contributed by atoms with Gasteiger partial charge in [0.05, 0.1) is 0 Å². The Morgan fingerprint density at radius 3 is 2.58 bits per heavy atom. The van der Waals surface area contributed by atoms with Gasteiger partial charge in [0.1, 0.15) is 18.1 Å². The molecule has 2 aromatic heterocycles. The van der Waals surface area contributed by atoms with Gasteiger partial charge in [-0.3, -0.25) is 9.78 Å². The number of ketones is 1. The van der Waals surface area contributed by atoms with Crippen molar-refractivity contribution in [1.29, 1.82) is 0 Å². The molecule has 1 aliphatic carbocycles. The lowest BCUT2D eigenvalue weighted by Crippen LogP contribution is -2.40. The largest absolute Gasteiger partial charge is 0.489 e. The predicted molar refractivity (Wildman–Crippen MR) is 127 cm³/mol. The summed E-state index contributed by atoms with van der Waals surface area (Å²) in [7, 11) is 0. The van der Waals surface area contributed by atoms with Crippen LogP contribution in [0.3, 0.4) is 0 Å². The molecular weight excluding hydrogens is 402 g/mol. The summed E-state index contributed by atoms with van der Waals surface area (Å²) in [6, 6.07) is 19.0. The van der Waals surface area contributed by atoms with Crippen LogP contribution < -0.4 is 4.74 Å². The van der Waals surface area contributed by atoms with Crippen molar-refractivity contribution >= 4 is 27.2 Å². The van der Waals surface area contributed by atoms with Gasteiger partial charge in [-0.1, -0.05) is 31.2 Å². The van der Waals surface area contributed by atoms with Crippen molar-refractivity contribution in [3.05, 3.63) is 83.0 Å². The lowest BCUT2D eigenvalue weighted by atomic mass is 9.62. The van der Waals surface area contributed by atoms with Crippen molar-refractivity contribution < 1.29 is 9.53 Å². The zero-order chi connectivity index (χ0) is 21.4. The summed E-state index contributed by atoms with van der Waals surface area (Å²) in [6.45, 7) is 4.74. The van der Waals surface area contributed by atoms with Gasteiger partial charge in [0.15, 0.2) is 0 Å². The van der Waals surface area contributed by atoms with Gasteiger partial charge in [-0.25, -0.2) is 0 Å². The standard InChI is InChI=1S/C27H25NO2S/c1-3-27(14-21(29)15-27)20-7-9-22(10-8-20)30-16-19-6-11-26-24(13-19)25(17-31-26)23-5-4-12-28-18(23)2/h4-13,17H,3,14-16H2,1-2H3. The Bertz CT molecular complexity index is 1250. The molecule has 0 spiro atoms. The summed E-state index contributed by atoms with van der Waals surface area (Å²) in [5.41, 5.74) is 5.89. The fourth-order valence-electron chi connectivity index (χ4n) is 4.58. The number of hydrogen-bond acceptors (Lipinski definition) is 4. The molecule has 0 bridgehead atoms. The van der Waals surface area contributed by atoms with Gasteiger partial charge < -0.3 is 4.74 Å². The Morgan fingerprint density at radius 1 is 1.06 bits per heavy atom. The monoisotopic (exact) mass is 427 g/mol. The third kappa shape index (κ3) is 3.66. The number of Topliss-reactive ketones (excluding diaryl/α,β-unsaturated/α-hetero) is 1. The molecule has 2 heterocycles. The molecule has 0 unspecified atom stereocenters. The number of aryl methyl sites for hydroxylation is 1. The summed E-state index contributed by atoms with van der Waals surface area (Å²) < 4.78 is 7.35. The third-order valence-electron chi connectivity index (χ3n) is 6.56. The maximum atomic E-state index is 11.6. The number of ether oxygens (including phenoxy) is 1. The zero-order valence-corrected chi connectivity index (χ0v) is 18.7. The average Bonchev–Trinajstić information content (AvgIpc) is 3.19. The van der Waals surface area contributed by atoms with Gasteiger partial charge in [0.25, 0.3) is 0 Å². The zero-order valence-electron chi connectivity index (χ0n) is 17.9. The van der Waals surface area contributed by atoms with Crippen molar-refractivity contribution in [2.75, 3.05) is 0 Å². The summed E-state index contributed by atoms with van der Waals surface area (Å²) in [4.78, 5) is 16.0. The minimum absolute atomic E-state index is 0.0421. The number of nitrogens with zero attached hydrogens (tertiary/aromatic N) is 1. The summed E-state index contributed by atoms with van der Waals surface area (Å²) in [6.07, 6.45) is 4.17. The van der Waals surface area contributed by atoms with Crippen molar-refractivity contribution in [2.45, 2.75) is 45.1 Å². The van der Waals surface area contributed by atoms with E-state index in [0.717, 1.165) is 23.4 Å². The molecule has 0 N–H and O–H groups in total. The molecule has 1 aliphatic rings. The Morgan fingerprint density at radius 2 is 1.87 bits per heavy atom. The molecule has 3 nitrogen and oxygen atoms in total. The van der Waals surface area contributed by atoms with E-state index < -0.39 is 0 Å². The van der Waals surface area contributed by atoms with Gasteiger partial charge in [0.2, 0.25) is 0 Å². The number of hydrogen-bond donors (Lipinski definition) is 0. The molecule has 0 atom stereocenters. The van der Waals surface area contributed by atoms with Gasteiger partial charge in [0, 0.05) is 51.4 Å². The molecule has 1 fully saturated rings. The fraction of sp³-hybridized carbons (Fsp3) is 0.259. The summed E-state index contributed by atoms with van der Waals surface area (Å²) >= 11 is 1.76. The Hall–Kier alpha value is -2.98. The molecular formula is C27H25NO2S. The first-order valence-electron chi connectivity index (χ1n) is 10.8. The van der Waals surface area contributed by atoms with E-state index in [0.29, 0.717) is 25.2 Å². The first-order valence-corrected chi connectivity index (χ1v) is 11.6. The first-order chi connectivity index (χ1) is 15.1. The van der Waals surface area contributed by atoms with E-state index in [2.05, 4.69) is 60.6 Å². The molecule has 0 saturated heterocycles. The first kappa shape index (κ1) is 20.0. The summed E-state index contributed by atoms with van der Waals surface area (Å²) in [5.74, 6) is 1.22. The highest BCUT2D eigenvalue weighted by Crippen LogP contribution is 2.44. The number of thiophene rings is 1. The maximum Gasteiger partial charge on any atom is 0.134 e. The molecule has 5 rings (SSSR count). The minimum atomic E-state index is 0.0421. The Kier molecular flexibility index (Phi) is 5.11. The van der Waals surface area contributed by atoms with Crippen LogP contribution in [0.4, 0.5) is 0 Å². The lowest BCUT2D eigenvalue weighted by Gasteiger charge is -2.40. The van der Waals surface area contributed by atoms with Gasteiger partial charge in [-0.15, -0.1) is 11.3 Å². The molecule has 31 heavy (non-hydrogen) atoms. The lowest BCUT2D eigenvalue weighted by molar-refractivity contribution is -0.128. The van der Waals surface area contributed by atoms with Crippen LogP contribution in [0.1, 0.15) is 43.0 Å². The highest BCUT2D eigenvalue weighted by Gasteiger charge is 2.43. The van der Waals surface area contributed by atoms with Gasteiger partial charge in [-0.05, 0) is 60.2 Å². The van der Waals surface area contributed by atoms with E-state index in [9.17, 15) is 4.79 Å². The van der Waals surface area contributed by atoms with Crippen molar-refractivity contribution in [3.8, 4) is 16.9 Å². The molecule has 4 heteroatoms. The highest BCUT2D eigenvalue weighted by atomic mass is 32.1. The Balaban J connectivity index is 1.34. The third-order valence-corrected chi connectivity index (χ3v) is 7.52. The van der Waals surface area contributed by atoms with E-state index in [1.165, 1.54) is 26.8 Å². The SMILES string of the molecule is CCC1(c2ccc(OCc3ccc4scc(-c5cccnc5C)c4c3)cc2)CC(=O)C1. The topological polar surface area (TPSA) is 39.2 Å². The summed E-state index contributed by atoms with van der Waals surface area (Å²) in [5, 5.41) is 3.46. The van der Waals surface area contributed by atoms with Crippen LogP contribution in [0.5, 0.6) is 5.75 Å². The normalized spacial score (nSPS) is 15.1. The molecule has 4 aromatic rings. The number of pyridine rings is 1. The van der Waals surface area contributed by atoms with Crippen LogP contribution in [0, 0.1) is 6.92 Å². The van der Waals surface area contributed by atoms with Gasteiger partial charge in [-0.2, -0.15) is 0 Å². The van der Waals surface area contributed by atoms with E-state index in [1.807, 2.05) is 24.4 Å². The van der Waals surface area contributed by atoms with Gasteiger partial charge >= 0.3 is 0 Å². The molecule has 1 saturated carbocycles. The van der Waals surface area contributed by atoms with Crippen LogP contribution in [0.25, 0.3) is 21.2 Å². The molecule has 156 valence electrons. The number of rotatable bonds is 6. The number of benzene rings is 2. The van der Waals surface area contributed by atoms with Crippen molar-refractivity contribution in [3.63, 3.8) is 0 Å². The molecule has 2 aromatic carbocycles. The second kappa shape index (κ2) is 7.93. The van der Waals surface area contributed by atoms with Crippen LogP contribution in [0.2, 0.25) is 0 Å². The highest BCUT2D eigenvalue weighted by molar-refractivity contribution is 7.17. The second-order valence-corrected chi connectivity index (χ2v) is 9.37. The van der Waals surface area contributed by atoms with E-state index in [4.69, 9.17) is 4.74 Å². The van der Waals surface area contributed by atoms with E-state index in [-0.39, 0.29) is 5.41 Å². The van der Waals surface area contributed by atoms with Crippen LogP contribution >= 0.6 is 11.3 Å².